The lowest BCUT2D eigenvalue weighted by molar-refractivity contribution is -0.0383. The smallest absolute Gasteiger partial charge is 0.254 e. The average Bonchev–Trinajstić information content (AvgIpc) is 3.61. The van der Waals surface area contributed by atoms with E-state index in [1.807, 2.05) is 28.6 Å². The van der Waals surface area contributed by atoms with Gasteiger partial charge in [-0.2, -0.15) is 4.98 Å². The van der Waals surface area contributed by atoms with E-state index in [0.717, 1.165) is 42.1 Å². The van der Waals surface area contributed by atoms with E-state index in [9.17, 15) is 9.90 Å². The number of methoxy groups -OCH3 is 1. The molecule has 1 aromatic carbocycles. The first-order valence-electron chi connectivity index (χ1n) is 13.4. The molecule has 0 unspecified atom stereocenters. The van der Waals surface area contributed by atoms with Crippen LogP contribution in [0.5, 0.6) is 11.6 Å². The molecule has 2 saturated heterocycles. The van der Waals surface area contributed by atoms with Gasteiger partial charge in [0.15, 0.2) is 5.82 Å². The predicted molar refractivity (Wildman–Crippen MR) is 142 cm³/mol. The Bertz CT molecular complexity index is 1550. The number of amides is 1. The lowest BCUT2D eigenvalue weighted by Gasteiger charge is -2.41. The zero-order valence-electron chi connectivity index (χ0n) is 21.7. The number of nitrogens with zero attached hydrogens (tertiary/aromatic N) is 5. The van der Waals surface area contributed by atoms with E-state index < -0.39 is 0 Å². The van der Waals surface area contributed by atoms with Gasteiger partial charge < -0.3 is 33.9 Å². The molecule has 2 N–H and O–H groups in total. The van der Waals surface area contributed by atoms with Gasteiger partial charge in [0.05, 0.1) is 37.1 Å². The first kappa shape index (κ1) is 23.5. The number of carbonyl (C=O) groups is 1. The maximum Gasteiger partial charge on any atom is 0.254 e. The number of ether oxygens (including phenoxy) is 2. The van der Waals surface area contributed by atoms with Crippen molar-refractivity contribution in [1.82, 2.24) is 29.3 Å². The van der Waals surface area contributed by atoms with E-state index in [4.69, 9.17) is 19.4 Å². The molecule has 10 heteroatoms. The number of pyridine rings is 1. The van der Waals surface area contributed by atoms with Gasteiger partial charge >= 0.3 is 0 Å². The van der Waals surface area contributed by atoms with E-state index in [2.05, 4.69) is 16.0 Å². The second-order valence-electron chi connectivity index (χ2n) is 10.7. The number of phenols is 1. The van der Waals surface area contributed by atoms with E-state index in [0.29, 0.717) is 48.1 Å². The zero-order chi connectivity index (χ0) is 26.0. The van der Waals surface area contributed by atoms with Crippen molar-refractivity contribution in [3.63, 3.8) is 0 Å². The summed E-state index contributed by atoms with van der Waals surface area (Å²) < 4.78 is 15.4. The van der Waals surface area contributed by atoms with Crippen LogP contribution in [0.2, 0.25) is 0 Å². The molecule has 0 spiro atoms. The van der Waals surface area contributed by atoms with Crippen molar-refractivity contribution in [1.29, 1.82) is 0 Å². The summed E-state index contributed by atoms with van der Waals surface area (Å²) in [5, 5.41) is 15.5. The number of hydrogen-bond donors (Lipinski definition) is 2. The van der Waals surface area contributed by atoms with Crippen molar-refractivity contribution in [2.45, 2.75) is 38.0 Å². The topological polar surface area (TPSA) is 107 Å². The third-order valence-corrected chi connectivity index (χ3v) is 8.17. The fourth-order valence-electron chi connectivity index (χ4n) is 5.98. The summed E-state index contributed by atoms with van der Waals surface area (Å²) in [6.45, 7) is 3.59. The minimum absolute atomic E-state index is 0.0470. The number of morpholine rings is 1. The molecule has 3 aliphatic rings. The normalized spacial score (nSPS) is 21.7. The van der Waals surface area contributed by atoms with Gasteiger partial charge in [0.25, 0.3) is 5.91 Å². The SMILES string of the molecule is COc1ccc2cc(-c3nc4cc(C(=O)N5CC[C@H]6OCCN[C@H]6C5)cc(O)c4n3C)n(CC3CC3)c2n1. The van der Waals surface area contributed by atoms with Crippen LogP contribution in [0.3, 0.4) is 0 Å². The van der Waals surface area contributed by atoms with Gasteiger partial charge in [0, 0.05) is 50.2 Å². The number of aryl methyl sites for hydroxylation is 1. The Morgan fingerprint density at radius 3 is 2.89 bits per heavy atom. The highest BCUT2D eigenvalue weighted by Crippen LogP contribution is 2.37. The molecule has 198 valence electrons. The maximum atomic E-state index is 13.5. The van der Waals surface area contributed by atoms with Gasteiger partial charge in [-0.15, -0.1) is 0 Å². The van der Waals surface area contributed by atoms with Crippen LogP contribution in [-0.4, -0.2) is 80.5 Å². The Balaban J connectivity index is 1.27. The molecule has 3 fully saturated rings. The maximum absolute atomic E-state index is 13.5. The van der Waals surface area contributed by atoms with Crippen LogP contribution in [0, 0.1) is 5.92 Å². The van der Waals surface area contributed by atoms with E-state index in [-0.39, 0.29) is 23.8 Å². The number of nitrogens with one attached hydrogen (secondary N) is 1. The van der Waals surface area contributed by atoms with Crippen molar-refractivity contribution < 1.29 is 19.4 Å². The Morgan fingerprint density at radius 1 is 1.21 bits per heavy atom. The van der Waals surface area contributed by atoms with Crippen molar-refractivity contribution in [3.8, 4) is 23.1 Å². The molecule has 1 aliphatic carbocycles. The van der Waals surface area contributed by atoms with Gasteiger partial charge in [-0.3, -0.25) is 4.79 Å². The first-order valence-corrected chi connectivity index (χ1v) is 13.4. The summed E-state index contributed by atoms with van der Waals surface area (Å²) in [4.78, 5) is 25.0. The number of phenolic OH excluding ortho intramolecular Hbond substituents is 1. The molecule has 1 saturated carbocycles. The number of benzene rings is 1. The summed E-state index contributed by atoms with van der Waals surface area (Å²) in [5.74, 6) is 1.87. The fourth-order valence-corrected chi connectivity index (χ4v) is 5.98. The second-order valence-corrected chi connectivity index (χ2v) is 10.7. The minimum Gasteiger partial charge on any atom is -0.506 e. The molecular weight excluding hydrogens is 484 g/mol. The van der Waals surface area contributed by atoms with E-state index in [1.54, 1.807) is 19.2 Å². The Labute approximate surface area is 220 Å². The molecule has 2 atom stereocenters. The monoisotopic (exact) mass is 516 g/mol. The summed E-state index contributed by atoms with van der Waals surface area (Å²) in [7, 11) is 3.52. The number of aromatic nitrogens is 4. The highest BCUT2D eigenvalue weighted by molar-refractivity contribution is 6.00. The molecule has 0 radical (unpaired) electrons. The van der Waals surface area contributed by atoms with Gasteiger partial charge in [-0.25, -0.2) is 4.98 Å². The van der Waals surface area contributed by atoms with Crippen molar-refractivity contribution in [2.75, 3.05) is 33.4 Å². The highest BCUT2D eigenvalue weighted by Gasteiger charge is 2.34. The predicted octanol–water partition coefficient (Wildman–Crippen LogP) is 2.92. The highest BCUT2D eigenvalue weighted by atomic mass is 16.5. The zero-order valence-corrected chi connectivity index (χ0v) is 21.7. The number of hydrogen-bond acceptors (Lipinski definition) is 7. The summed E-state index contributed by atoms with van der Waals surface area (Å²) in [6, 6.07) is 9.48. The van der Waals surface area contributed by atoms with Crippen LogP contribution < -0.4 is 10.1 Å². The van der Waals surface area contributed by atoms with Crippen LogP contribution in [-0.2, 0) is 18.3 Å². The Hall–Kier alpha value is -3.63. The Morgan fingerprint density at radius 2 is 2.08 bits per heavy atom. The molecule has 4 aromatic rings. The van der Waals surface area contributed by atoms with Gasteiger partial charge in [-0.05, 0) is 49.4 Å². The summed E-state index contributed by atoms with van der Waals surface area (Å²) in [6.07, 6.45) is 3.37. The largest absolute Gasteiger partial charge is 0.506 e. The van der Waals surface area contributed by atoms with Crippen LogP contribution in [0.4, 0.5) is 0 Å². The molecule has 0 bridgehead atoms. The standard InChI is InChI=1S/C28H32N6O4/c1-32-25-19(11-18(13-22(25)35)28(36)33-9-7-23-20(15-33)29-8-10-38-23)30-27(32)21-12-17-5-6-24(37-2)31-26(17)34(21)14-16-3-4-16/h5-6,11-13,16,20,23,29,35H,3-4,7-10,14-15H2,1-2H3/t20-,23+/m0/s1. The van der Waals surface area contributed by atoms with Crippen molar-refractivity contribution >= 4 is 28.0 Å². The molecule has 1 amide bonds. The second kappa shape index (κ2) is 8.99. The third kappa shape index (κ3) is 3.90. The van der Waals surface area contributed by atoms with Crippen LogP contribution in [0.25, 0.3) is 33.6 Å². The molecule has 7 rings (SSSR count). The first-order chi connectivity index (χ1) is 18.5. The number of rotatable bonds is 5. The quantitative estimate of drug-likeness (QED) is 0.420. The minimum atomic E-state index is -0.0978. The van der Waals surface area contributed by atoms with Crippen LogP contribution in [0.15, 0.2) is 30.3 Å². The lowest BCUT2D eigenvalue weighted by atomic mass is 9.99. The van der Waals surface area contributed by atoms with Gasteiger partial charge in [0.2, 0.25) is 5.88 Å². The van der Waals surface area contributed by atoms with E-state index in [1.165, 1.54) is 12.8 Å². The lowest BCUT2D eigenvalue weighted by Crippen LogP contribution is -2.59. The Kier molecular flexibility index (Phi) is 5.55. The van der Waals surface area contributed by atoms with Crippen molar-refractivity contribution in [2.24, 2.45) is 13.0 Å². The number of aromatic hydroxyl groups is 1. The molecule has 38 heavy (non-hydrogen) atoms. The van der Waals surface area contributed by atoms with Crippen LogP contribution >= 0.6 is 0 Å². The third-order valence-electron chi connectivity index (χ3n) is 8.17. The van der Waals surface area contributed by atoms with Gasteiger partial charge in [-0.1, -0.05) is 0 Å². The van der Waals surface area contributed by atoms with Crippen molar-refractivity contribution in [3.05, 3.63) is 35.9 Å². The van der Waals surface area contributed by atoms with Crippen LogP contribution in [0.1, 0.15) is 29.6 Å². The summed E-state index contributed by atoms with van der Waals surface area (Å²) >= 11 is 0. The molecule has 10 nitrogen and oxygen atoms in total. The molecule has 5 heterocycles. The average molecular weight is 517 g/mol. The van der Waals surface area contributed by atoms with Gasteiger partial charge in [0.1, 0.15) is 16.9 Å². The molecule has 2 aliphatic heterocycles. The van der Waals surface area contributed by atoms with E-state index >= 15 is 0 Å². The number of carbonyl (C=O) groups excluding carboxylic acids is 1. The molecule has 3 aromatic heterocycles. The summed E-state index contributed by atoms with van der Waals surface area (Å²) in [5.41, 5.74) is 3.44. The molecular formula is C28H32N6O4. The fraction of sp³-hybridized carbons (Fsp3) is 0.464. The number of fused-ring (bicyclic) bond motifs is 3. The number of piperidine rings is 1. The number of imidazole rings is 1. The number of likely N-dealkylation sites (tertiary alicyclic amines) is 1.